The summed E-state index contributed by atoms with van der Waals surface area (Å²) in [4.78, 5) is 36.1. The van der Waals surface area contributed by atoms with Gasteiger partial charge in [0.2, 0.25) is 5.91 Å². The van der Waals surface area contributed by atoms with Gasteiger partial charge in [-0.3, -0.25) is 4.79 Å². The second kappa shape index (κ2) is 11.1. The molecule has 0 heterocycles. The zero-order chi connectivity index (χ0) is 20.4. The maximum absolute atomic E-state index is 12.7. The minimum atomic E-state index is -1.51. The normalized spacial score (nSPS) is 11.6. The van der Waals surface area contributed by atoms with E-state index in [9.17, 15) is 24.6 Å². The molecule has 7 heteroatoms. The Hall–Kier alpha value is -2.80. The fourth-order valence-corrected chi connectivity index (χ4v) is 3.55. The van der Waals surface area contributed by atoms with Crippen LogP contribution in [-0.2, 0) is 27.3 Å². The van der Waals surface area contributed by atoms with Crippen LogP contribution in [0.1, 0.15) is 17.5 Å². The highest BCUT2D eigenvalue weighted by Gasteiger charge is 2.18. The molecule has 0 radical (unpaired) electrons. The number of benzene rings is 2. The fraction of sp³-hybridized carbons (Fsp3) is 0.286. The lowest BCUT2D eigenvalue weighted by Crippen LogP contribution is -2.40. The number of thioether (sulfide) groups is 1. The fourth-order valence-electron chi connectivity index (χ4n) is 2.63. The van der Waals surface area contributed by atoms with Gasteiger partial charge >= 0.3 is 0 Å². The van der Waals surface area contributed by atoms with Gasteiger partial charge in [-0.2, -0.15) is 0 Å². The van der Waals surface area contributed by atoms with E-state index in [1.807, 2.05) is 60.7 Å². The van der Waals surface area contributed by atoms with Crippen molar-refractivity contribution in [2.24, 2.45) is 0 Å². The summed E-state index contributed by atoms with van der Waals surface area (Å²) < 4.78 is 0. The van der Waals surface area contributed by atoms with Crippen molar-refractivity contribution < 1.29 is 24.6 Å². The van der Waals surface area contributed by atoms with Crippen LogP contribution in [0.5, 0.6) is 0 Å². The van der Waals surface area contributed by atoms with Gasteiger partial charge in [-0.1, -0.05) is 60.7 Å². The Bertz CT molecular complexity index is 782. The van der Waals surface area contributed by atoms with Gasteiger partial charge in [0.25, 0.3) is 0 Å². The summed E-state index contributed by atoms with van der Waals surface area (Å²) in [5, 5.41) is 20.4. The molecule has 148 valence electrons. The molecule has 0 aliphatic rings. The molecule has 0 unspecified atom stereocenters. The molecule has 0 aliphatic carbocycles. The molecule has 0 fully saturated rings. The third-order valence-electron chi connectivity index (χ3n) is 4.11. The number of carbonyl (C=O) groups is 3. The van der Waals surface area contributed by atoms with E-state index >= 15 is 0 Å². The first kappa shape index (κ1) is 21.5. The van der Waals surface area contributed by atoms with Gasteiger partial charge in [0, 0.05) is 25.5 Å². The molecule has 1 atom stereocenters. The Balaban J connectivity index is 2.02. The topological polar surface area (TPSA) is 101 Å². The van der Waals surface area contributed by atoms with Crippen molar-refractivity contribution >= 4 is 29.6 Å². The Morgan fingerprint density at radius 1 is 0.893 bits per heavy atom. The third-order valence-corrected chi connectivity index (χ3v) is 5.28. The average Bonchev–Trinajstić information content (AvgIpc) is 2.69. The van der Waals surface area contributed by atoms with Gasteiger partial charge < -0.3 is 24.7 Å². The van der Waals surface area contributed by atoms with Crippen molar-refractivity contribution in [1.82, 2.24) is 4.90 Å². The van der Waals surface area contributed by atoms with Crippen LogP contribution < -0.4 is 10.2 Å². The molecule has 2 aromatic carbocycles. The summed E-state index contributed by atoms with van der Waals surface area (Å²) >= 11 is 0.753. The second-order valence-corrected chi connectivity index (χ2v) is 7.42. The van der Waals surface area contributed by atoms with Crippen LogP contribution >= 0.6 is 11.8 Å². The van der Waals surface area contributed by atoms with E-state index in [-0.39, 0.29) is 11.7 Å². The highest BCUT2D eigenvalue weighted by molar-refractivity contribution is 8.01. The second-order valence-electron chi connectivity index (χ2n) is 6.23. The number of nitrogens with zero attached hydrogens (tertiary/aromatic N) is 1. The lowest BCUT2D eigenvalue weighted by atomic mass is 10.1. The predicted octanol–water partition coefficient (Wildman–Crippen LogP) is 0.250. The minimum Gasteiger partial charge on any atom is -0.550 e. The van der Waals surface area contributed by atoms with Crippen molar-refractivity contribution in [3.8, 4) is 0 Å². The Morgan fingerprint density at radius 2 is 1.46 bits per heavy atom. The Labute approximate surface area is 168 Å². The molecule has 0 aromatic heterocycles. The Morgan fingerprint density at radius 3 is 2.00 bits per heavy atom. The van der Waals surface area contributed by atoms with Gasteiger partial charge in [-0.05, 0) is 17.5 Å². The smallest absolute Gasteiger partial charge is 0.232 e. The van der Waals surface area contributed by atoms with Gasteiger partial charge in [-0.25, -0.2) is 0 Å². The van der Waals surface area contributed by atoms with Crippen molar-refractivity contribution in [3.63, 3.8) is 0 Å². The molecule has 0 saturated heterocycles. The van der Waals surface area contributed by atoms with Gasteiger partial charge in [0.1, 0.15) is 0 Å². The number of carboxylic acids is 2. The summed E-state index contributed by atoms with van der Waals surface area (Å²) in [6.45, 7) is 0.859. The zero-order valence-corrected chi connectivity index (χ0v) is 16.1. The number of amides is 1. The van der Waals surface area contributed by atoms with Crippen LogP contribution in [0.15, 0.2) is 60.7 Å². The quantitative estimate of drug-likeness (QED) is 0.537. The van der Waals surface area contributed by atoms with Gasteiger partial charge in [0.15, 0.2) is 0 Å². The minimum absolute atomic E-state index is 0.145. The first-order chi connectivity index (χ1) is 13.5. The maximum atomic E-state index is 12.7. The molecule has 0 bridgehead atoms. The van der Waals surface area contributed by atoms with Gasteiger partial charge in [0.05, 0.1) is 17.0 Å². The Kier molecular flexibility index (Phi) is 8.55. The molecule has 1 amide bonds. The number of carbonyl (C=O) groups excluding carboxylic acids is 3. The van der Waals surface area contributed by atoms with Crippen LogP contribution in [0.3, 0.4) is 0 Å². The first-order valence-electron chi connectivity index (χ1n) is 8.83. The third kappa shape index (κ3) is 7.44. The largest absolute Gasteiger partial charge is 0.550 e. The predicted molar refractivity (Wildman–Crippen MR) is 103 cm³/mol. The van der Waals surface area contributed by atoms with E-state index < -0.39 is 23.6 Å². The molecule has 2 rings (SSSR count). The van der Waals surface area contributed by atoms with Crippen LogP contribution in [0.4, 0.5) is 0 Å². The molecule has 0 N–H and O–H groups in total. The van der Waals surface area contributed by atoms with Crippen molar-refractivity contribution in [2.45, 2.75) is 24.6 Å². The molecular weight excluding hydrogens is 378 g/mol. The number of carboxylic acid groups (broad SMARTS) is 2. The van der Waals surface area contributed by atoms with Crippen LogP contribution in [0.2, 0.25) is 0 Å². The number of aliphatic carboxylic acids is 2. The van der Waals surface area contributed by atoms with Crippen molar-refractivity contribution in [1.29, 1.82) is 0 Å². The molecular formula is C21H21NO5S-2. The van der Waals surface area contributed by atoms with Crippen LogP contribution in [-0.4, -0.2) is 40.3 Å². The summed E-state index contributed by atoms with van der Waals surface area (Å²) in [7, 11) is 0. The highest BCUT2D eigenvalue weighted by atomic mass is 32.2. The van der Waals surface area contributed by atoms with Crippen LogP contribution in [0, 0.1) is 0 Å². The molecule has 28 heavy (non-hydrogen) atoms. The molecule has 2 aromatic rings. The van der Waals surface area contributed by atoms with E-state index in [1.165, 1.54) is 0 Å². The monoisotopic (exact) mass is 399 g/mol. The SMILES string of the molecule is O=C([O-])C[C@@H](SCC(=O)N(CCc1ccccc1)Cc1ccccc1)C(=O)[O-]. The summed E-state index contributed by atoms with van der Waals surface area (Å²) in [5.74, 6) is -3.40. The summed E-state index contributed by atoms with van der Waals surface area (Å²) in [6.07, 6.45) is -0.0317. The first-order valence-corrected chi connectivity index (χ1v) is 9.88. The maximum Gasteiger partial charge on any atom is 0.232 e. The van der Waals surface area contributed by atoms with E-state index in [0.29, 0.717) is 19.5 Å². The van der Waals surface area contributed by atoms with Crippen molar-refractivity contribution in [3.05, 3.63) is 71.8 Å². The lowest BCUT2D eigenvalue weighted by Gasteiger charge is -2.25. The van der Waals surface area contributed by atoms with E-state index in [2.05, 4.69) is 0 Å². The van der Waals surface area contributed by atoms with E-state index in [0.717, 1.165) is 22.9 Å². The summed E-state index contributed by atoms with van der Waals surface area (Å²) in [6, 6.07) is 19.2. The number of rotatable bonds is 11. The number of hydrogen-bond acceptors (Lipinski definition) is 6. The molecule has 0 aliphatic heterocycles. The van der Waals surface area contributed by atoms with E-state index in [4.69, 9.17) is 0 Å². The lowest BCUT2D eigenvalue weighted by molar-refractivity contribution is -0.314. The standard InChI is InChI=1S/C21H23NO5S/c23-19(15-28-18(21(26)27)13-20(24)25)22(14-17-9-5-2-6-10-17)12-11-16-7-3-1-4-8-16/h1-10,18H,11-15H2,(H,24,25)(H,26,27)/p-2/t18-/m1/s1. The van der Waals surface area contributed by atoms with Crippen molar-refractivity contribution in [2.75, 3.05) is 12.3 Å². The van der Waals surface area contributed by atoms with E-state index in [1.54, 1.807) is 4.90 Å². The molecule has 0 spiro atoms. The molecule has 6 nitrogen and oxygen atoms in total. The number of hydrogen-bond donors (Lipinski definition) is 0. The average molecular weight is 399 g/mol. The van der Waals surface area contributed by atoms with Gasteiger partial charge in [-0.15, -0.1) is 11.8 Å². The zero-order valence-electron chi connectivity index (χ0n) is 15.3. The molecule has 0 saturated carbocycles. The summed E-state index contributed by atoms with van der Waals surface area (Å²) in [5.41, 5.74) is 2.05. The van der Waals surface area contributed by atoms with Crippen LogP contribution in [0.25, 0.3) is 0 Å². The highest BCUT2D eigenvalue weighted by Crippen LogP contribution is 2.16.